The molecule has 19 heavy (non-hydrogen) atoms. The largest absolute Gasteiger partial charge is 0.472 e. The van der Waals surface area contributed by atoms with Crippen LogP contribution in [-0.4, -0.2) is 19.0 Å². The summed E-state index contributed by atoms with van der Waals surface area (Å²) in [5.74, 6) is 1.61. The van der Waals surface area contributed by atoms with Gasteiger partial charge in [-0.2, -0.15) is 0 Å². The Kier molecular flexibility index (Phi) is 5.53. The van der Waals surface area contributed by atoms with Crippen LogP contribution in [0.2, 0.25) is 0 Å². The lowest BCUT2D eigenvalue weighted by molar-refractivity contribution is 0.469. The van der Waals surface area contributed by atoms with Crippen molar-refractivity contribution in [2.75, 3.05) is 13.1 Å². The van der Waals surface area contributed by atoms with E-state index >= 15 is 0 Å². The van der Waals surface area contributed by atoms with E-state index in [9.17, 15) is 0 Å². The van der Waals surface area contributed by atoms with Crippen molar-refractivity contribution < 1.29 is 4.42 Å². The average molecular weight is 261 g/mol. The number of nitrogens with zero attached hydrogens (tertiary/aromatic N) is 1. The number of rotatable bonds is 5. The van der Waals surface area contributed by atoms with Crippen molar-refractivity contribution in [2.24, 2.45) is 10.9 Å². The molecule has 1 atom stereocenters. The third kappa shape index (κ3) is 4.81. The third-order valence-corrected chi connectivity index (χ3v) is 3.28. The van der Waals surface area contributed by atoms with Gasteiger partial charge in [0, 0.05) is 18.7 Å². The number of hydrogen-bond donors (Lipinski definition) is 2. The number of nitrogens with one attached hydrogen (secondary N) is 2. The van der Waals surface area contributed by atoms with Crippen LogP contribution in [0.4, 0.5) is 0 Å². The fraction of sp³-hybridized carbons (Fsp3) is 0.533. The Morgan fingerprint density at radius 3 is 3.05 bits per heavy atom. The molecule has 1 aliphatic carbocycles. The molecule has 0 spiro atoms. The van der Waals surface area contributed by atoms with E-state index in [1.54, 1.807) is 12.5 Å². The van der Waals surface area contributed by atoms with Crippen molar-refractivity contribution in [3.05, 3.63) is 36.3 Å². The Morgan fingerprint density at radius 1 is 1.42 bits per heavy atom. The molecule has 2 N–H and O–H groups in total. The monoisotopic (exact) mass is 261 g/mol. The Morgan fingerprint density at radius 2 is 2.37 bits per heavy atom. The molecule has 2 rings (SSSR count). The molecular formula is C15H23N3O. The highest BCUT2D eigenvalue weighted by Crippen LogP contribution is 2.16. The second-order valence-electron chi connectivity index (χ2n) is 4.86. The lowest BCUT2D eigenvalue weighted by atomic mass is 9.94. The van der Waals surface area contributed by atoms with Crippen molar-refractivity contribution in [3.8, 4) is 0 Å². The summed E-state index contributed by atoms with van der Waals surface area (Å²) in [5, 5.41) is 6.70. The minimum atomic E-state index is 0.649. The summed E-state index contributed by atoms with van der Waals surface area (Å²) in [7, 11) is 0. The second-order valence-corrected chi connectivity index (χ2v) is 4.86. The SMILES string of the molecule is CCNC(=NCc1ccoc1)NCC1CC=CCC1. The Balaban J connectivity index is 1.81. The number of hydrogen-bond acceptors (Lipinski definition) is 2. The van der Waals surface area contributed by atoms with Gasteiger partial charge in [0.25, 0.3) is 0 Å². The molecule has 0 aromatic carbocycles. The highest BCUT2D eigenvalue weighted by molar-refractivity contribution is 5.79. The van der Waals surface area contributed by atoms with Crippen LogP contribution in [-0.2, 0) is 6.54 Å². The standard InChI is InChI=1S/C15H23N3O/c1-2-16-15(18-11-14-8-9-19-12-14)17-10-13-6-4-3-5-7-13/h3-4,8-9,12-13H,2,5-7,10-11H2,1H3,(H2,16,17,18). The first-order valence-electron chi connectivity index (χ1n) is 7.06. The van der Waals surface area contributed by atoms with Gasteiger partial charge in [-0.25, -0.2) is 4.99 Å². The average Bonchev–Trinajstić information content (AvgIpc) is 2.96. The summed E-state index contributed by atoms with van der Waals surface area (Å²) in [6.07, 6.45) is 11.6. The molecule has 4 heteroatoms. The van der Waals surface area contributed by atoms with Crippen LogP contribution in [0.5, 0.6) is 0 Å². The van der Waals surface area contributed by atoms with Crippen molar-refractivity contribution in [1.29, 1.82) is 0 Å². The summed E-state index contributed by atoms with van der Waals surface area (Å²) in [5.41, 5.74) is 1.10. The van der Waals surface area contributed by atoms with E-state index in [0.717, 1.165) is 30.5 Å². The zero-order chi connectivity index (χ0) is 13.3. The van der Waals surface area contributed by atoms with Gasteiger partial charge in [-0.05, 0) is 38.2 Å². The number of guanidine groups is 1. The minimum absolute atomic E-state index is 0.649. The summed E-state index contributed by atoms with van der Waals surface area (Å²) in [6, 6.07) is 1.94. The molecule has 0 radical (unpaired) electrons. The van der Waals surface area contributed by atoms with Gasteiger partial charge in [-0.3, -0.25) is 0 Å². The fourth-order valence-corrected chi connectivity index (χ4v) is 2.18. The molecule has 104 valence electrons. The fourth-order valence-electron chi connectivity index (χ4n) is 2.18. The normalized spacial score (nSPS) is 19.4. The highest BCUT2D eigenvalue weighted by atomic mass is 16.3. The lowest BCUT2D eigenvalue weighted by Gasteiger charge is -2.19. The van der Waals surface area contributed by atoms with Gasteiger partial charge in [0.2, 0.25) is 0 Å². The molecule has 1 unspecified atom stereocenters. The predicted molar refractivity (Wildman–Crippen MR) is 78.0 cm³/mol. The van der Waals surface area contributed by atoms with Crippen LogP contribution < -0.4 is 10.6 Å². The number of allylic oxidation sites excluding steroid dienone is 2. The van der Waals surface area contributed by atoms with Gasteiger partial charge in [-0.15, -0.1) is 0 Å². The topological polar surface area (TPSA) is 49.6 Å². The first kappa shape index (κ1) is 13.7. The van der Waals surface area contributed by atoms with Gasteiger partial charge in [0.05, 0.1) is 19.1 Å². The predicted octanol–water partition coefficient (Wildman–Crippen LogP) is 2.69. The smallest absolute Gasteiger partial charge is 0.191 e. The van der Waals surface area contributed by atoms with Gasteiger partial charge in [0.15, 0.2) is 5.96 Å². The molecule has 1 heterocycles. The molecular weight excluding hydrogens is 238 g/mol. The molecule has 1 aromatic heterocycles. The summed E-state index contributed by atoms with van der Waals surface area (Å²) in [4.78, 5) is 4.56. The molecule has 0 bridgehead atoms. The van der Waals surface area contributed by atoms with Crippen molar-refractivity contribution in [1.82, 2.24) is 10.6 Å². The zero-order valence-corrected chi connectivity index (χ0v) is 11.6. The van der Waals surface area contributed by atoms with Crippen LogP contribution in [0, 0.1) is 5.92 Å². The molecule has 0 amide bonds. The maximum atomic E-state index is 5.04. The Hall–Kier alpha value is -1.71. The number of aliphatic imine (C=N–C) groups is 1. The highest BCUT2D eigenvalue weighted by Gasteiger charge is 2.10. The van der Waals surface area contributed by atoms with Crippen molar-refractivity contribution in [3.63, 3.8) is 0 Å². The van der Waals surface area contributed by atoms with Crippen molar-refractivity contribution >= 4 is 5.96 Å². The maximum absolute atomic E-state index is 5.04. The Bertz CT molecular complexity index is 409. The molecule has 0 fully saturated rings. The third-order valence-electron chi connectivity index (χ3n) is 3.28. The van der Waals surface area contributed by atoms with Crippen LogP contribution in [0.15, 0.2) is 40.2 Å². The molecule has 0 saturated carbocycles. The second kappa shape index (κ2) is 7.67. The zero-order valence-electron chi connectivity index (χ0n) is 11.6. The molecule has 4 nitrogen and oxygen atoms in total. The van der Waals surface area contributed by atoms with Crippen LogP contribution in [0.3, 0.4) is 0 Å². The van der Waals surface area contributed by atoms with Gasteiger partial charge in [0.1, 0.15) is 0 Å². The van der Waals surface area contributed by atoms with Crippen LogP contribution in [0.1, 0.15) is 31.7 Å². The summed E-state index contributed by atoms with van der Waals surface area (Å²) < 4.78 is 5.04. The molecule has 1 aliphatic rings. The van der Waals surface area contributed by atoms with E-state index in [1.807, 2.05) is 6.07 Å². The molecule has 0 saturated heterocycles. The van der Waals surface area contributed by atoms with Crippen molar-refractivity contribution in [2.45, 2.75) is 32.7 Å². The summed E-state index contributed by atoms with van der Waals surface area (Å²) in [6.45, 7) is 4.60. The minimum Gasteiger partial charge on any atom is -0.472 e. The molecule has 0 aliphatic heterocycles. The van der Waals surface area contributed by atoms with Gasteiger partial charge >= 0.3 is 0 Å². The van der Waals surface area contributed by atoms with Gasteiger partial charge < -0.3 is 15.1 Å². The summed E-state index contributed by atoms with van der Waals surface area (Å²) >= 11 is 0. The first-order chi connectivity index (χ1) is 9.38. The van der Waals surface area contributed by atoms with E-state index in [-0.39, 0.29) is 0 Å². The van der Waals surface area contributed by atoms with E-state index in [4.69, 9.17) is 4.42 Å². The first-order valence-corrected chi connectivity index (χ1v) is 7.06. The van der Waals surface area contributed by atoms with Crippen LogP contribution in [0.25, 0.3) is 0 Å². The molecule has 1 aromatic rings. The Labute approximate surface area is 115 Å². The lowest BCUT2D eigenvalue weighted by Crippen LogP contribution is -2.39. The quantitative estimate of drug-likeness (QED) is 0.487. The number of furan rings is 1. The van der Waals surface area contributed by atoms with E-state index in [1.165, 1.54) is 19.3 Å². The van der Waals surface area contributed by atoms with E-state index < -0.39 is 0 Å². The van der Waals surface area contributed by atoms with Crippen LogP contribution >= 0.6 is 0 Å². The van der Waals surface area contributed by atoms with Gasteiger partial charge in [-0.1, -0.05) is 12.2 Å². The maximum Gasteiger partial charge on any atom is 0.191 e. The van der Waals surface area contributed by atoms with E-state index in [0.29, 0.717) is 6.54 Å². The van der Waals surface area contributed by atoms with E-state index in [2.05, 4.69) is 34.7 Å².